The van der Waals surface area contributed by atoms with Crippen molar-refractivity contribution in [3.63, 3.8) is 0 Å². The summed E-state index contributed by atoms with van der Waals surface area (Å²) in [6.45, 7) is 1.99. The maximum absolute atomic E-state index is 12.8. The molecular formula is C21H18N4O2. The molecule has 6 heteroatoms. The molecule has 0 atom stereocenters. The molecule has 0 aliphatic rings. The number of H-pyrrole nitrogens is 1. The molecular weight excluding hydrogens is 340 g/mol. The van der Waals surface area contributed by atoms with Crippen LogP contribution in [-0.2, 0) is 0 Å². The van der Waals surface area contributed by atoms with Crippen molar-refractivity contribution in [3.05, 3.63) is 76.7 Å². The Labute approximate surface area is 155 Å². The van der Waals surface area contributed by atoms with Crippen LogP contribution in [0.25, 0.3) is 22.2 Å². The van der Waals surface area contributed by atoms with Gasteiger partial charge in [-0.15, -0.1) is 0 Å². The van der Waals surface area contributed by atoms with Crippen LogP contribution in [0.5, 0.6) is 5.75 Å². The molecule has 4 aromatic rings. The quantitative estimate of drug-likeness (QED) is 0.575. The van der Waals surface area contributed by atoms with Crippen molar-refractivity contribution in [1.82, 2.24) is 15.0 Å². The highest BCUT2D eigenvalue weighted by molar-refractivity contribution is 5.92. The van der Waals surface area contributed by atoms with Crippen molar-refractivity contribution in [2.24, 2.45) is 0 Å². The lowest BCUT2D eigenvalue weighted by molar-refractivity contribution is 0.415. The predicted molar refractivity (Wildman–Crippen MR) is 107 cm³/mol. The summed E-state index contributed by atoms with van der Waals surface area (Å²) in [5.74, 6) is 1.12. The molecule has 134 valence electrons. The first kappa shape index (κ1) is 16.8. The van der Waals surface area contributed by atoms with Crippen LogP contribution >= 0.6 is 0 Å². The number of aromatic nitrogens is 3. The van der Waals surface area contributed by atoms with Gasteiger partial charge in [0, 0.05) is 11.9 Å². The Morgan fingerprint density at radius 2 is 1.81 bits per heavy atom. The number of aromatic amines is 1. The summed E-state index contributed by atoms with van der Waals surface area (Å²) < 4.78 is 5.20. The van der Waals surface area contributed by atoms with Gasteiger partial charge >= 0.3 is 0 Å². The Kier molecular flexibility index (Phi) is 4.30. The number of ether oxygens (including phenoxy) is 1. The van der Waals surface area contributed by atoms with Gasteiger partial charge < -0.3 is 10.1 Å². The van der Waals surface area contributed by atoms with Gasteiger partial charge in [-0.25, -0.2) is 4.98 Å². The Balaban J connectivity index is 1.80. The van der Waals surface area contributed by atoms with Crippen LogP contribution in [0.3, 0.4) is 0 Å². The Bertz CT molecular complexity index is 1170. The zero-order chi connectivity index (χ0) is 18.8. The second kappa shape index (κ2) is 6.92. The summed E-state index contributed by atoms with van der Waals surface area (Å²) in [7, 11) is 1.62. The number of hydrogen-bond donors (Lipinski definition) is 2. The van der Waals surface area contributed by atoms with E-state index in [-0.39, 0.29) is 5.56 Å². The van der Waals surface area contributed by atoms with Gasteiger partial charge in [0.1, 0.15) is 5.75 Å². The number of anilines is 2. The number of fused-ring (bicyclic) bond motifs is 1. The van der Waals surface area contributed by atoms with Gasteiger partial charge in [0.05, 0.1) is 12.5 Å². The SMILES string of the molecule is COc1ccc(-c2ccnc3nc(Nc4ccccc4C)[nH]c(=O)c23)cc1. The van der Waals surface area contributed by atoms with E-state index in [9.17, 15) is 4.79 Å². The average Bonchev–Trinajstić information content (AvgIpc) is 2.69. The highest BCUT2D eigenvalue weighted by Gasteiger charge is 2.12. The van der Waals surface area contributed by atoms with E-state index in [0.29, 0.717) is 17.0 Å². The van der Waals surface area contributed by atoms with Crippen molar-refractivity contribution < 1.29 is 4.74 Å². The van der Waals surface area contributed by atoms with E-state index in [2.05, 4.69) is 20.3 Å². The third kappa shape index (κ3) is 3.25. The molecule has 4 rings (SSSR count). The van der Waals surface area contributed by atoms with Crippen LogP contribution in [0.1, 0.15) is 5.56 Å². The van der Waals surface area contributed by atoms with Gasteiger partial charge in [-0.3, -0.25) is 9.78 Å². The highest BCUT2D eigenvalue weighted by atomic mass is 16.5. The Hall–Kier alpha value is -3.67. The zero-order valence-electron chi connectivity index (χ0n) is 15.0. The summed E-state index contributed by atoms with van der Waals surface area (Å²) in [5, 5.41) is 3.61. The number of benzene rings is 2. The second-order valence-electron chi connectivity index (χ2n) is 6.14. The van der Waals surface area contributed by atoms with E-state index >= 15 is 0 Å². The van der Waals surface area contributed by atoms with Gasteiger partial charge in [-0.2, -0.15) is 4.98 Å². The molecule has 6 nitrogen and oxygen atoms in total. The minimum atomic E-state index is -0.241. The maximum atomic E-state index is 12.8. The van der Waals surface area contributed by atoms with Crippen LogP contribution in [0, 0.1) is 6.92 Å². The van der Waals surface area contributed by atoms with Crippen LogP contribution < -0.4 is 15.6 Å². The molecule has 0 unspecified atom stereocenters. The van der Waals surface area contributed by atoms with E-state index in [4.69, 9.17) is 4.74 Å². The van der Waals surface area contributed by atoms with Gasteiger partial charge in [0.2, 0.25) is 5.95 Å². The largest absolute Gasteiger partial charge is 0.497 e. The summed E-state index contributed by atoms with van der Waals surface area (Å²) in [6, 6.07) is 17.2. The molecule has 0 bridgehead atoms. The van der Waals surface area contributed by atoms with Crippen LogP contribution in [0.15, 0.2) is 65.6 Å². The molecule has 0 amide bonds. The number of nitrogens with zero attached hydrogens (tertiary/aromatic N) is 2. The number of pyridine rings is 1. The monoisotopic (exact) mass is 358 g/mol. The third-order valence-corrected chi connectivity index (χ3v) is 4.41. The summed E-state index contributed by atoms with van der Waals surface area (Å²) in [4.78, 5) is 24.4. The van der Waals surface area contributed by atoms with Gasteiger partial charge in [0.25, 0.3) is 5.56 Å². The minimum absolute atomic E-state index is 0.241. The standard InChI is InChI=1S/C21H18N4O2/c1-13-5-3-4-6-17(13)23-21-24-19-18(20(26)25-21)16(11-12-22-19)14-7-9-15(27-2)10-8-14/h3-12H,1-2H3,(H2,22,23,24,25,26). The minimum Gasteiger partial charge on any atom is -0.497 e. The lowest BCUT2D eigenvalue weighted by atomic mass is 10.0. The van der Waals surface area contributed by atoms with Crippen molar-refractivity contribution in [2.45, 2.75) is 6.92 Å². The first-order chi connectivity index (χ1) is 13.2. The lowest BCUT2D eigenvalue weighted by Crippen LogP contribution is -2.13. The summed E-state index contributed by atoms with van der Waals surface area (Å²) in [5.41, 5.74) is 3.76. The fourth-order valence-corrected chi connectivity index (χ4v) is 2.97. The van der Waals surface area contributed by atoms with Gasteiger partial charge in [-0.05, 0) is 47.9 Å². The van der Waals surface area contributed by atoms with Gasteiger partial charge in [-0.1, -0.05) is 30.3 Å². The number of para-hydroxylation sites is 1. The smallest absolute Gasteiger partial charge is 0.262 e. The molecule has 2 aromatic carbocycles. The first-order valence-electron chi connectivity index (χ1n) is 8.52. The van der Waals surface area contributed by atoms with E-state index < -0.39 is 0 Å². The number of rotatable bonds is 4. The van der Waals surface area contributed by atoms with Crippen LogP contribution in [0.2, 0.25) is 0 Å². The number of hydrogen-bond acceptors (Lipinski definition) is 5. The Morgan fingerprint density at radius 1 is 1.04 bits per heavy atom. The van der Waals surface area contributed by atoms with E-state index in [1.807, 2.05) is 61.5 Å². The lowest BCUT2D eigenvalue weighted by Gasteiger charge is -2.10. The molecule has 0 saturated heterocycles. The molecule has 0 aliphatic carbocycles. The average molecular weight is 358 g/mol. The van der Waals surface area contributed by atoms with E-state index in [1.54, 1.807) is 13.3 Å². The molecule has 0 fully saturated rings. The summed E-state index contributed by atoms with van der Waals surface area (Å²) in [6.07, 6.45) is 1.66. The normalized spacial score (nSPS) is 10.7. The molecule has 27 heavy (non-hydrogen) atoms. The topological polar surface area (TPSA) is 79.9 Å². The highest BCUT2D eigenvalue weighted by Crippen LogP contribution is 2.27. The maximum Gasteiger partial charge on any atom is 0.262 e. The Morgan fingerprint density at radius 3 is 2.56 bits per heavy atom. The molecule has 0 saturated carbocycles. The molecule has 0 aliphatic heterocycles. The predicted octanol–water partition coefficient (Wildman–Crippen LogP) is 4.05. The molecule has 2 aromatic heterocycles. The summed E-state index contributed by atoms with van der Waals surface area (Å²) >= 11 is 0. The molecule has 0 radical (unpaired) electrons. The molecule has 2 N–H and O–H groups in total. The first-order valence-corrected chi connectivity index (χ1v) is 8.52. The second-order valence-corrected chi connectivity index (χ2v) is 6.14. The molecule has 2 heterocycles. The number of methoxy groups -OCH3 is 1. The number of nitrogens with one attached hydrogen (secondary N) is 2. The fraction of sp³-hybridized carbons (Fsp3) is 0.0952. The fourth-order valence-electron chi connectivity index (χ4n) is 2.97. The van der Waals surface area contributed by atoms with Crippen molar-refractivity contribution in [2.75, 3.05) is 12.4 Å². The van der Waals surface area contributed by atoms with Crippen molar-refractivity contribution >= 4 is 22.7 Å². The van der Waals surface area contributed by atoms with Crippen LogP contribution in [-0.4, -0.2) is 22.1 Å². The van der Waals surface area contributed by atoms with Gasteiger partial charge in [0.15, 0.2) is 5.65 Å². The van der Waals surface area contributed by atoms with Crippen molar-refractivity contribution in [1.29, 1.82) is 0 Å². The van der Waals surface area contributed by atoms with E-state index in [0.717, 1.165) is 28.1 Å². The van der Waals surface area contributed by atoms with Crippen molar-refractivity contribution in [3.8, 4) is 16.9 Å². The third-order valence-electron chi connectivity index (χ3n) is 4.41. The zero-order valence-corrected chi connectivity index (χ0v) is 15.0. The number of aryl methyl sites for hydroxylation is 1. The molecule has 0 spiro atoms. The van der Waals surface area contributed by atoms with E-state index in [1.165, 1.54) is 0 Å². The van der Waals surface area contributed by atoms with Crippen LogP contribution in [0.4, 0.5) is 11.6 Å².